The van der Waals surface area contributed by atoms with E-state index in [-0.39, 0.29) is 23.8 Å². The average Bonchev–Trinajstić information content (AvgIpc) is 2.81. The molecule has 0 radical (unpaired) electrons. The number of thiazole rings is 1. The van der Waals surface area contributed by atoms with Crippen LogP contribution in [0.25, 0.3) is 0 Å². The van der Waals surface area contributed by atoms with Crippen LogP contribution in [0.15, 0.2) is 34.5 Å². The Kier molecular flexibility index (Phi) is 4.56. The summed E-state index contributed by atoms with van der Waals surface area (Å²) >= 11 is 1.27. The SMILES string of the molecule is Nc1nc(CC(=O)NCc2cccc(S(N)(=O)=O)c2)cs1. The lowest BCUT2D eigenvalue weighted by atomic mass is 10.2. The number of hydrogen-bond donors (Lipinski definition) is 3. The number of carbonyl (C=O) groups is 1. The van der Waals surface area contributed by atoms with E-state index in [2.05, 4.69) is 10.3 Å². The normalized spacial score (nSPS) is 11.3. The van der Waals surface area contributed by atoms with Crippen LogP contribution in [0.1, 0.15) is 11.3 Å². The van der Waals surface area contributed by atoms with Gasteiger partial charge in [0.05, 0.1) is 17.0 Å². The Morgan fingerprint density at radius 2 is 2.14 bits per heavy atom. The number of nitrogens with zero attached hydrogens (tertiary/aromatic N) is 1. The molecule has 2 aromatic rings. The van der Waals surface area contributed by atoms with Gasteiger partial charge < -0.3 is 11.1 Å². The summed E-state index contributed by atoms with van der Waals surface area (Å²) in [5.74, 6) is -0.221. The number of aromatic nitrogens is 1. The first-order chi connectivity index (χ1) is 9.84. The number of rotatable bonds is 5. The van der Waals surface area contributed by atoms with Gasteiger partial charge in [-0.3, -0.25) is 4.79 Å². The van der Waals surface area contributed by atoms with Crippen molar-refractivity contribution in [2.24, 2.45) is 5.14 Å². The zero-order valence-corrected chi connectivity index (χ0v) is 12.6. The van der Waals surface area contributed by atoms with E-state index in [9.17, 15) is 13.2 Å². The molecule has 0 spiro atoms. The molecule has 0 saturated heterocycles. The van der Waals surface area contributed by atoms with Crippen molar-refractivity contribution in [1.29, 1.82) is 0 Å². The van der Waals surface area contributed by atoms with Gasteiger partial charge in [-0.15, -0.1) is 11.3 Å². The van der Waals surface area contributed by atoms with E-state index in [0.29, 0.717) is 16.4 Å². The number of hydrogen-bond acceptors (Lipinski definition) is 6. The molecule has 1 aromatic carbocycles. The first-order valence-corrected chi connectivity index (χ1v) is 8.35. The summed E-state index contributed by atoms with van der Waals surface area (Å²) in [5, 5.41) is 9.87. The van der Waals surface area contributed by atoms with Crippen LogP contribution in [0, 0.1) is 0 Å². The van der Waals surface area contributed by atoms with Crippen LogP contribution in [0.2, 0.25) is 0 Å². The Bertz CT molecular complexity index is 755. The molecule has 112 valence electrons. The summed E-state index contributed by atoms with van der Waals surface area (Å²) in [4.78, 5) is 15.8. The third kappa shape index (κ3) is 4.52. The van der Waals surface area contributed by atoms with Gasteiger partial charge in [-0.05, 0) is 17.7 Å². The minimum atomic E-state index is -3.74. The lowest BCUT2D eigenvalue weighted by molar-refractivity contribution is -0.120. The van der Waals surface area contributed by atoms with E-state index in [1.807, 2.05) is 0 Å². The van der Waals surface area contributed by atoms with Gasteiger partial charge in [-0.2, -0.15) is 0 Å². The minimum absolute atomic E-state index is 0.0153. The topological polar surface area (TPSA) is 128 Å². The van der Waals surface area contributed by atoms with Crippen molar-refractivity contribution in [2.75, 3.05) is 5.73 Å². The highest BCUT2D eigenvalue weighted by Gasteiger charge is 2.09. The fourth-order valence-corrected chi connectivity index (χ4v) is 2.81. The molecule has 0 fully saturated rings. The predicted octanol–water partition coefficient (Wildman–Crippen LogP) is 0.232. The van der Waals surface area contributed by atoms with Crippen LogP contribution in [0.3, 0.4) is 0 Å². The molecule has 9 heteroatoms. The third-order valence-corrected chi connectivity index (χ3v) is 4.26. The fraction of sp³-hybridized carbons (Fsp3) is 0.167. The minimum Gasteiger partial charge on any atom is -0.375 e. The number of nitrogens with two attached hydrogens (primary N) is 2. The van der Waals surface area contributed by atoms with Crippen molar-refractivity contribution in [3.63, 3.8) is 0 Å². The van der Waals surface area contributed by atoms with Gasteiger partial charge in [0.25, 0.3) is 0 Å². The summed E-state index contributed by atoms with van der Waals surface area (Å²) in [6.07, 6.45) is 0.128. The molecule has 5 N–H and O–H groups in total. The van der Waals surface area contributed by atoms with Crippen LogP contribution >= 0.6 is 11.3 Å². The predicted molar refractivity (Wildman–Crippen MR) is 79.9 cm³/mol. The Hall–Kier alpha value is -1.97. The Balaban J connectivity index is 1.95. The van der Waals surface area contributed by atoms with Gasteiger partial charge in [0.2, 0.25) is 15.9 Å². The number of sulfonamides is 1. The number of anilines is 1. The molecule has 0 aliphatic heterocycles. The standard InChI is InChI=1S/C12H14N4O3S2/c13-12-16-9(7-20-12)5-11(17)15-6-8-2-1-3-10(4-8)21(14,18)19/h1-4,7H,5-6H2,(H2,13,16)(H,15,17)(H2,14,18,19). The molecule has 0 saturated carbocycles. The molecule has 0 bridgehead atoms. The highest BCUT2D eigenvalue weighted by molar-refractivity contribution is 7.89. The molecule has 1 aromatic heterocycles. The van der Waals surface area contributed by atoms with Gasteiger partial charge in [-0.25, -0.2) is 18.5 Å². The zero-order valence-electron chi connectivity index (χ0n) is 10.9. The molecule has 1 heterocycles. The second-order valence-corrected chi connectivity index (χ2v) is 6.77. The molecular formula is C12H14N4O3S2. The van der Waals surface area contributed by atoms with Crippen LogP contribution in [-0.4, -0.2) is 19.3 Å². The summed E-state index contributed by atoms with van der Waals surface area (Å²) < 4.78 is 22.5. The molecule has 0 atom stereocenters. The number of nitrogens with one attached hydrogen (secondary N) is 1. The third-order valence-electron chi connectivity index (χ3n) is 2.63. The molecule has 2 rings (SSSR count). The van der Waals surface area contributed by atoms with Crippen molar-refractivity contribution >= 4 is 32.4 Å². The summed E-state index contributed by atoms with van der Waals surface area (Å²) in [6, 6.07) is 6.10. The first-order valence-electron chi connectivity index (χ1n) is 5.93. The van der Waals surface area contributed by atoms with Crippen molar-refractivity contribution in [2.45, 2.75) is 17.9 Å². The summed E-state index contributed by atoms with van der Waals surface area (Å²) in [6.45, 7) is 0.210. The highest BCUT2D eigenvalue weighted by atomic mass is 32.2. The quantitative estimate of drug-likeness (QED) is 0.724. The Morgan fingerprint density at radius 3 is 2.76 bits per heavy atom. The molecule has 1 amide bonds. The van der Waals surface area contributed by atoms with E-state index >= 15 is 0 Å². The Labute approximate surface area is 126 Å². The summed E-state index contributed by atoms with van der Waals surface area (Å²) in [5.41, 5.74) is 6.73. The maximum atomic E-state index is 11.7. The smallest absolute Gasteiger partial charge is 0.238 e. The molecule has 21 heavy (non-hydrogen) atoms. The second-order valence-electron chi connectivity index (χ2n) is 4.32. The molecule has 0 aliphatic carbocycles. The lowest BCUT2D eigenvalue weighted by Crippen LogP contribution is -2.24. The number of amides is 1. The first kappa shape index (κ1) is 15.4. The molecule has 0 aliphatic rings. The van der Waals surface area contributed by atoms with Gasteiger partial charge in [0.15, 0.2) is 5.13 Å². The zero-order chi connectivity index (χ0) is 15.5. The van der Waals surface area contributed by atoms with Crippen molar-refractivity contribution in [1.82, 2.24) is 10.3 Å². The molecule has 7 nitrogen and oxygen atoms in total. The van der Waals surface area contributed by atoms with Gasteiger partial charge in [0, 0.05) is 11.9 Å². The van der Waals surface area contributed by atoms with Crippen LogP contribution < -0.4 is 16.2 Å². The van der Waals surface area contributed by atoms with E-state index in [4.69, 9.17) is 10.9 Å². The Morgan fingerprint density at radius 1 is 1.38 bits per heavy atom. The van der Waals surface area contributed by atoms with Gasteiger partial charge >= 0.3 is 0 Å². The van der Waals surface area contributed by atoms with E-state index in [1.165, 1.54) is 23.5 Å². The average molecular weight is 326 g/mol. The maximum absolute atomic E-state index is 11.7. The highest BCUT2D eigenvalue weighted by Crippen LogP contribution is 2.12. The fourth-order valence-electron chi connectivity index (χ4n) is 1.66. The second kappa shape index (κ2) is 6.20. The van der Waals surface area contributed by atoms with Crippen molar-refractivity contribution in [3.8, 4) is 0 Å². The van der Waals surface area contributed by atoms with Gasteiger partial charge in [0.1, 0.15) is 0 Å². The van der Waals surface area contributed by atoms with E-state index in [1.54, 1.807) is 17.5 Å². The van der Waals surface area contributed by atoms with Gasteiger partial charge in [-0.1, -0.05) is 12.1 Å². The summed E-state index contributed by atoms with van der Waals surface area (Å²) in [7, 11) is -3.74. The number of primary sulfonamides is 1. The lowest BCUT2D eigenvalue weighted by Gasteiger charge is -2.06. The molecule has 0 unspecified atom stereocenters. The van der Waals surface area contributed by atoms with Crippen LogP contribution in [0.4, 0.5) is 5.13 Å². The van der Waals surface area contributed by atoms with Crippen molar-refractivity contribution < 1.29 is 13.2 Å². The monoisotopic (exact) mass is 326 g/mol. The number of benzene rings is 1. The number of carbonyl (C=O) groups excluding carboxylic acids is 1. The number of nitrogen functional groups attached to an aromatic ring is 1. The largest absolute Gasteiger partial charge is 0.375 e. The van der Waals surface area contributed by atoms with Crippen molar-refractivity contribution in [3.05, 3.63) is 40.9 Å². The van der Waals surface area contributed by atoms with Crippen LogP contribution in [0.5, 0.6) is 0 Å². The maximum Gasteiger partial charge on any atom is 0.238 e. The van der Waals surface area contributed by atoms with E-state index < -0.39 is 10.0 Å². The molecular weight excluding hydrogens is 312 g/mol. The van der Waals surface area contributed by atoms with E-state index in [0.717, 1.165) is 0 Å². The van der Waals surface area contributed by atoms with Crippen LogP contribution in [-0.2, 0) is 27.8 Å².